The Morgan fingerprint density at radius 2 is 2.29 bits per heavy atom. The summed E-state index contributed by atoms with van der Waals surface area (Å²) in [5, 5.41) is 1.97. The van der Waals surface area contributed by atoms with E-state index in [0.29, 0.717) is 18.8 Å². The summed E-state index contributed by atoms with van der Waals surface area (Å²) in [6.45, 7) is 2.77. The lowest BCUT2D eigenvalue weighted by Gasteiger charge is -2.15. The average Bonchev–Trinajstić information content (AvgIpc) is 2.91. The van der Waals surface area contributed by atoms with E-state index in [9.17, 15) is 4.79 Å². The van der Waals surface area contributed by atoms with E-state index in [1.807, 2.05) is 30.5 Å². The van der Waals surface area contributed by atoms with Gasteiger partial charge < -0.3 is 10.6 Å². The number of carbonyl (C=O) groups is 1. The van der Waals surface area contributed by atoms with Crippen LogP contribution in [0.15, 0.2) is 29.6 Å². The van der Waals surface area contributed by atoms with Crippen molar-refractivity contribution in [3.8, 4) is 11.8 Å². The number of hydrogen-bond acceptors (Lipinski definition) is 4. The summed E-state index contributed by atoms with van der Waals surface area (Å²) >= 11 is 1.59. The molecule has 0 spiro atoms. The van der Waals surface area contributed by atoms with E-state index in [1.54, 1.807) is 29.4 Å². The maximum Gasteiger partial charge on any atom is 0.272 e. The third kappa shape index (κ3) is 4.15. The number of nitrogens with two attached hydrogens (primary N) is 1. The molecule has 5 heteroatoms. The Hall–Kier alpha value is -2.16. The van der Waals surface area contributed by atoms with Gasteiger partial charge in [0.25, 0.3) is 5.91 Å². The molecule has 1 amide bonds. The van der Waals surface area contributed by atoms with Crippen molar-refractivity contribution in [2.45, 2.75) is 13.5 Å². The van der Waals surface area contributed by atoms with Crippen molar-refractivity contribution in [1.29, 1.82) is 0 Å². The summed E-state index contributed by atoms with van der Waals surface area (Å²) in [6.07, 6.45) is 0. The molecule has 2 N–H and O–H groups in total. The topological polar surface area (TPSA) is 59.2 Å². The lowest BCUT2D eigenvalue weighted by atomic mass is 10.2. The zero-order valence-corrected chi connectivity index (χ0v) is 12.9. The van der Waals surface area contributed by atoms with E-state index in [-0.39, 0.29) is 5.91 Å². The van der Waals surface area contributed by atoms with Crippen molar-refractivity contribution in [3.05, 3.63) is 51.5 Å². The molecule has 2 rings (SSSR count). The first-order chi connectivity index (χ1) is 10.1. The molecule has 2 aromatic heterocycles. The Morgan fingerprint density at radius 1 is 1.48 bits per heavy atom. The van der Waals surface area contributed by atoms with Crippen LogP contribution >= 0.6 is 11.3 Å². The summed E-state index contributed by atoms with van der Waals surface area (Å²) in [5.41, 5.74) is 7.60. The van der Waals surface area contributed by atoms with Gasteiger partial charge in [-0.05, 0) is 25.1 Å². The SMILES string of the molecule is Cc1cccc(C(=O)N(C)Cc2cc(C#CCN)cs2)n1. The van der Waals surface area contributed by atoms with Gasteiger partial charge in [-0.25, -0.2) is 4.98 Å². The van der Waals surface area contributed by atoms with Crippen LogP contribution in [0.5, 0.6) is 0 Å². The van der Waals surface area contributed by atoms with Crippen LogP contribution in [-0.4, -0.2) is 29.4 Å². The van der Waals surface area contributed by atoms with Gasteiger partial charge in [0.2, 0.25) is 0 Å². The van der Waals surface area contributed by atoms with Gasteiger partial charge in [-0.2, -0.15) is 0 Å². The van der Waals surface area contributed by atoms with Crippen molar-refractivity contribution < 1.29 is 4.79 Å². The number of amides is 1. The Labute approximate surface area is 128 Å². The second-order valence-corrected chi connectivity index (χ2v) is 5.63. The van der Waals surface area contributed by atoms with Gasteiger partial charge in [0.1, 0.15) is 5.69 Å². The monoisotopic (exact) mass is 299 g/mol. The third-order valence-electron chi connectivity index (χ3n) is 2.84. The molecule has 2 heterocycles. The van der Waals surface area contributed by atoms with Crippen LogP contribution in [0.25, 0.3) is 0 Å². The number of carbonyl (C=O) groups excluding carboxylic acids is 1. The number of nitrogens with zero attached hydrogens (tertiary/aromatic N) is 2. The first-order valence-electron chi connectivity index (χ1n) is 6.55. The number of pyridine rings is 1. The highest BCUT2D eigenvalue weighted by molar-refractivity contribution is 7.10. The van der Waals surface area contributed by atoms with Gasteiger partial charge in [0.15, 0.2) is 0 Å². The number of aryl methyl sites for hydroxylation is 1. The van der Waals surface area contributed by atoms with E-state index in [0.717, 1.165) is 16.1 Å². The van der Waals surface area contributed by atoms with E-state index >= 15 is 0 Å². The van der Waals surface area contributed by atoms with Crippen LogP contribution in [0, 0.1) is 18.8 Å². The highest BCUT2D eigenvalue weighted by Gasteiger charge is 2.14. The summed E-state index contributed by atoms with van der Waals surface area (Å²) in [6, 6.07) is 7.44. The highest BCUT2D eigenvalue weighted by atomic mass is 32.1. The lowest BCUT2D eigenvalue weighted by Crippen LogP contribution is -2.26. The van der Waals surface area contributed by atoms with Crippen LogP contribution in [0.2, 0.25) is 0 Å². The van der Waals surface area contributed by atoms with Gasteiger partial charge in [-0.1, -0.05) is 17.9 Å². The molecule has 21 heavy (non-hydrogen) atoms. The van der Waals surface area contributed by atoms with E-state index in [1.165, 1.54) is 0 Å². The van der Waals surface area contributed by atoms with E-state index in [2.05, 4.69) is 16.8 Å². The minimum atomic E-state index is -0.0818. The zero-order chi connectivity index (χ0) is 15.2. The third-order valence-corrected chi connectivity index (χ3v) is 3.76. The number of hydrogen-bond donors (Lipinski definition) is 1. The van der Waals surface area contributed by atoms with Crippen LogP contribution in [0.3, 0.4) is 0 Å². The van der Waals surface area contributed by atoms with Gasteiger partial charge in [-0.3, -0.25) is 4.79 Å². The molecule has 0 unspecified atom stereocenters. The summed E-state index contributed by atoms with van der Waals surface area (Å²) in [4.78, 5) is 19.3. The van der Waals surface area contributed by atoms with E-state index in [4.69, 9.17) is 5.73 Å². The minimum Gasteiger partial charge on any atom is -0.335 e. The molecule has 0 atom stereocenters. The largest absolute Gasteiger partial charge is 0.335 e. The van der Waals surface area contributed by atoms with Gasteiger partial charge in [-0.15, -0.1) is 11.3 Å². The van der Waals surface area contributed by atoms with Crippen molar-refractivity contribution >= 4 is 17.2 Å². The second-order valence-electron chi connectivity index (χ2n) is 4.63. The van der Waals surface area contributed by atoms with Crippen molar-refractivity contribution in [3.63, 3.8) is 0 Å². The van der Waals surface area contributed by atoms with Crippen molar-refractivity contribution in [2.24, 2.45) is 5.73 Å². The first-order valence-corrected chi connectivity index (χ1v) is 7.43. The number of aromatic nitrogens is 1. The molecule has 4 nitrogen and oxygen atoms in total. The predicted octanol–water partition coefficient (Wildman–Crippen LogP) is 2.03. The summed E-state index contributed by atoms with van der Waals surface area (Å²) in [7, 11) is 1.78. The highest BCUT2D eigenvalue weighted by Crippen LogP contribution is 2.16. The Morgan fingerprint density at radius 3 is 3.00 bits per heavy atom. The first kappa shape index (κ1) is 15.2. The predicted molar refractivity (Wildman–Crippen MR) is 85.0 cm³/mol. The molecule has 0 aromatic carbocycles. The Balaban J connectivity index is 2.05. The van der Waals surface area contributed by atoms with Crippen LogP contribution < -0.4 is 5.73 Å². The van der Waals surface area contributed by atoms with Crippen molar-refractivity contribution in [1.82, 2.24) is 9.88 Å². The molecule has 0 radical (unpaired) electrons. The maximum atomic E-state index is 12.3. The smallest absolute Gasteiger partial charge is 0.272 e. The second kappa shape index (κ2) is 7.02. The lowest BCUT2D eigenvalue weighted by molar-refractivity contribution is 0.0780. The van der Waals surface area contributed by atoms with E-state index < -0.39 is 0 Å². The average molecular weight is 299 g/mol. The molecule has 0 fully saturated rings. The van der Waals surface area contributed by atoms with Crippen molar-refractivity contribution in [2.75, 3.05) is 13.6 Å². The van der Waals surface area contributed by atoms with Gasteiger partial charge >= 0.3 is 0 Å². The molecule has 0 aliphatic rings. The fourth-order valence-electron chi connectivity index (χ4n) is 1.85. The Bertz CT molecular complexity index is 697. The van der Waals surface area contributed by atoms with Gasteiger partial charge in [0, 0.05) is 28.6 Å². The molecule has 0 saturated heterocycles. The fraction of sp³-hybridized carbons (Fsp3) is 0.250. The summed E-state index contributed by atoms with van der Waals surface area (Å²) < 4.78 is 0. The summed E-state index contributed by atoms with van der Waals surface area (Å²) in [5.74, 6) is 5.72. The molecule has 0 aliphatic carbocycles. The number of rotatable bonds is 3. The number of thiophene rings is 1. The zero-order valence-electron chi connectivity index (χ0n) is 12.1. The molecule has 2 aromatic rings. The molecule has 0 saturated carbocycles. The molecular formula is C16H17N3OS. The standard InChI is InChI=1S/C16H17N3OS/c1-12-5-3-7-15(18-12)16(20)19(2)10-14-9-13(11-21-14)6-4-8-17/h3,5,7,9,11H,8,10,17H2,1-2H3. The normalized spacial score (nSPS) is 9.86. The van der Waals surface area contributed by atoms with Crippen LogP contribution in [0.1, 0.15) is 26.6 Å². The quantitative estimate of drug-likeness (QED) is 0.882. The molecule has 108 valence electrons. The maximum absolute atomic E-state index is 12.3. The molecule has 0 bridgehead atoms. The van der Waals surface area contributed by atoms with Gasteiger partial charge in [0.05, 0.1) is 13.1 Å². The Kier molecular flexibility index (Phi) is 5.09. The molecule has 0 aliphatic heterocycles. The fourth-order valence-corrected chi connectivity index (χ4v) is 2.71. The van der Waals surface area contributed by atoms with Crippen LogP contribution in [-0.2, 0) is 6.54 Å². The molecular weight excluding hydrogens is 282 g/mol. The van der Waals surface area contributed by atoms with Crippen LogP contribution in [0.4, 0.5) is 0 Å². The minimum absolute atomic E-state index is 0.0818.